The standard InChI is InChI=1S/C17H17ClN2O3/c1-11(12-5-3-2-4-6-12)20-16(21)10-23-17(22)13-7-8-14(18)15(19)9-13/h2-9,11H,10,19H2,1H3,(H,20,21)/t11-/m1/s1. The molecule has 1 atom stereocenters. The van der Waals surface area contributed by atoms with E-state index < -0.39 is 5.97 Å². The van der Waals surface area contributed by atoms with Gasteiger partial charge < -0.3 is 15.8 Å². The van der Waals surface area contributed by atoms with Crippen LogP contribution in [-0.2, 0) is 9.53 Å². The third kappa shape index (κ3) is 4.72. The maximum absolute atomic E-state index is 11.9. The Morgan fingerprint density at radius 3 is 2.57 bits per heavy atom. The second kappa shape index (κ2) is 7.65. The van der Waals surface area contributed by atoms with Gasteiger partial charge in [0.1, 0.15) is 0 Å². The summed E-state index contributed by atoms with van der Waals surface area (Å²) in [5.74, 6) is -1.01. The second-order valence-corrected chi connectivity index (χ2v) is 5.42. The number of halogens is 1. The molecule has 0 radical (unpaired) electrons. The number of benzene rings is 2. The third-order valence-electron chi connectivity index (χ3n) is 3.24. The van der Waals surface area contributed by atoms with Crippen molar-refractivity contribution in [3.05, 3.63) is 64.7 Å². The lowest BCUT2D eigenvalue weighted by Crippen LogP contribution is -2.31. The molecule has 2 aromatic rings. The molecule has 0 spiro atoms. The number of ether oxygens (including phenoxy) is 1. The Bertz CT molecular complexity index is 704. The monoisotopic (exact) mass is 332 g/mol. The molecule has 0 aliphatic heterocycles. The van der Waals surface area contributed by atoms with Gasteiger partial charge in [0, 0.05) is 0 Å². The van der Waals surface area contributed by atoms with Crippen molar-refractivity contribution < 1.29 is 14.3 Å². The summed E-state index contributed by atoms with van der Waals surface area (Å²) in [6.07, 6.45) is 0. The summed E-state index contributed by atoms with van der Waals surface area (Å²) in [4.78, 5) is 23.7. The SMILES string of the molecule is C[C@@H](NC(=O)COC(=O)c1ccc(Cl)c(N)c1)c1ccccc1. The average Bonchev–Trinajstić information content (AvgIpc) is 2.56. The largest absolute Gasteiger partial charge is 0.452 e. The minimum Gasteiger partial charge on any atom is -0.452 e. The van der Waals surface area contributed by atoms with Crippen LogP contribution in [0.4, 0.5) is 5.69 Å². The maximum Gasteiger partial charge on any atom is 0.338 e. The number of carbonyl (C=O) groups is 2. The van der Waals surface area contributed by atoms with Gasteiger partial charge in [-0.25, -0.2) is 4.79 Å². The van der Waals surface area contributed by atoms with Crippen LogP contribution in [0.5, 0.6) is 0 Å². The molecule has 0 unspecified atom stereocenters. The minimum atomic E-state index is -0.629. The lowest BCUT2D eigenvalue weighted by atomic mass is 10.1. The van der Waals surface area contributed by atoms with Gasteiger partial charge in [0.05, 0.1) is 22.3 Å². The number of rotatable bonds is 5. The van der Waals surface area contributed by atoms with Crippen LogP contribution < -0.4 is 11.1 Å². The number of hydrogen-bond acceptors (Lipinski definition) is 4. The first-order valence-corrected chi connectivity index (χ1v) is 7.41. The number of esters is 1. The molecule has 120 valence electrons. The zero-order chi connectivity index (χ0) is 16.8. The molecule has 6 heteroatoms. The summed E-state index contributed by atoms with van der Waals surface area (Å²) in [6.45, 7) is 1.49. The van der Waals surface area contributed by atoms with Crippen molar-refractivity contribution in [2.24, 2.45) is 0 Å². The predicted molar refractivity (Wildman–Crippen MR) is 89.1 cm³/mol. The Morgan fingerprint density at radius 1 is 1.22 bits per heavy atom. The van der Waals surface area contributed by atoms with Gasteiger partial charge in [-0.1, -0.05) is 41.9 Å². The minimum absolute atomic E-state index is 0.173. The van der Waals surface area contributed by atoms with E-state index in [2.05, 4.69) is 5.32 Å². The quantitative estimate of drug-likeness (QED) is 0.651. The Labute approximate surface area is 139 Å². The molecule has 1 amide bonds. The second-order valence-electron chi connectivity index (χ2n) is 5.01. The first-order chi connectivity index (χ1) is 11.0. The highest BCUT2D eigenvalue weighted by atomic mass is 35.5. The van der Waals surface area contributed by atoms with Crippen LogP contribution in [0.25, 0.3) is 0 Å². The van der Waals surface area contributed by atoms with Crippen LogP contribution >= 0.6 is 11.6 Å². The van der Waals surface area contributed by atoms with E-state index in [0.717, 1.165) is 5.56 Å². The van der Waals surface area contributed by atoms with Crippen LogP contribution in [0.15, 0.2) is 48.5 Å². The number of nitrogen functional groups attached to an aromatic ring is 1. The van der Waals surface area contributed by atoms with Gasteiger partial charge in [-0.2, -0.15) is 0 Å². The predicted octanol–water partition coefficient (Wildman–Crippen LogP) is 2.96. The fourth-order valence-electron chi connectivity index (χ4n) is 1.99. The smallest absolute Gasteiger partial charge is 0.338 e. The number of nitrogens with one attached hydrogen (secondary N) is 1. The van der Waals surface area contributed by atoms with E-state index in [4.69, 9.17) is 22.1 Å². The highest BCUT2D eigenvalue weighted by molar-refractivity contribution is 6.33. The Morgan fingerprint density at radius 2 is 1.91 bits per heavy atom. The van der Waals surface area contributed by atoms with Crippen LogP contribution in [-0.4, -0.2) is 18.5 Å². The van der Waals surface area contributed by atoms with Crippen molar-refractivity contribution in [2.45, 2.75) is 13.0 Å². The van der Waals surface area contributed by atoms with Gasteiger partial charge in [-0.15, -0.1) is 0 Å². The molecule has 0 aliphatic rings. The van der Waals surface area contributed by atoms with E-state index in [1.165, 1.54) is 18.2 Å². The van der Waals surface area contributed by atoms with Gasteiger partial charge in [0.25, 0.3) is 5.91 Å². The number of anilines is 1. The molecule has 0 aromatic heterocycles. The summed E-state index contributed by atoms with van der Waals surface area (Å²) in [5, 5.41) is 3.12. The summed E-state index contributed by atoms with van der Waals surface area (Å²) < 4.78 is 4.97. The number of hydrogen-bond donors (Lipinski definition) is 2. The first-order valence-electron chi connectivity index (χ1n) is 7.04. The first kappa shape index (κ1) is 16.8. The molecular weight excluding hydrogens is 316 g/mol. The fourth-order valence-corrected chi connectivity index (χ4v) is 2.11. The Balaban J connectivity index is 1.86. The van der Waals surface area contributed by atoms with E-state index in [-0.39, 0.29) is 29.8 Å². The van der Waals surface area contributed by atoms with Gasteiger partial charge in [-0.05, 0) is 30.7 Å². The number of nitrogens with two attached hydrogens (primary N) is 1. The summed E-state index contributed by atoms with van der Waals surface area (Å²) in [5.41, 5.74) is 7.12. The maximum atomic E-state index is 11.9. The molecule has 0 aliphatic carbocycles. The zero-order valence-corrected chi connectivity index (χ0v) is 13.3. The van der Waals surface area contributed by atoms with Gasteiger partial charge >= 0.3 is 5.97 Å². The van der Waals surface area contributed by atoms with Crippen LogP contribution in [0.1, 0.15) is 28.9 Å². The van der Waals surface area contributed by atoms with Crippen LogP contribution in [0.3, 0.4) is 0 Å². The number of carbonyl (C=O) groups excluding carboxylic acids is 2. The van der Waals surface area contributed by atoms with Crippen molar-refractivity contribution in [1.82, 2.24) is 5.32 Å². The van der Waals surface area contributed by atoms with Gasteiger partial charge in [-0.3, -0.25) is 4.79 Å². The highest BCUT2D eigenvalue weighted by Gasteiger charge is 2.13. The molecule has 0 fully saturated rings. The highest BCUT2D eigenvalue weighted by Crippen LogP contribution is 2.19. The molecule has 0 saturated heterocycles. The number of amides is 1. The van der Waals surface area contributed by atoms with Crippen LogP contribution in [0.2, 0.25) is 5.02 Å². The van der Waals surface area contributed by atoms with E-state index in [1.54, 1.807) is 0 Å². The lowest BCUT2D eigenvalue weighted by Gasteiger charge is -2.14. The Hall–Kier alpha value is -2.53. The third-order valence-corrected chi connectivity index (χ3v) is 3.59. The molecule has 23 heavy (non-hydrogen) atoms. The molecule has 0 heterocycles. The van der Waals surface area contributed by atoms with E-state index >= 15 is 0 Å². The summed E-state index contributed by atoms with van der Waals surface area (Å²) >= 11 is 5.79. The molecular formula is C17H17ClN2O3. The van der Waals surface area contributed by atoms with E-state index in [1.807, 2.05) is 37.3 Å². The van der Waals surface area contributed by atoms with Crippen molar-refractivity contribution in [2.75, 3.05) is 12.3 Å². The molecule has 2 rings (SSSR count). The van der Waals surface area contributed by atoms with E-state index in [9.17, 15) is 9.59 Å². The molecule has 2 aromatic carbocycles. The molecule has 0 saturated carbocycles. The van der Waals surface area contributed by atoms with Crippen LogP contribution in [0, 0.1) is 0 Å². The van der Waals surface area contributed by atoms with Gasteiger partial charge in [0.15, 0.2) is 6.61 Å². The van der Waals surface area contributed by atoms with Crippen molar-refractivity contribution in [1.29, 1.82) is 0 Å². The van der Waals surface area contributed by atoms with Crippen molar-refractivity contribution >= 4 is 29.2 Å². The van der Waals surface area contributed by atoms with Crippen molar-refractivity contribution in [3.8, 4) is 0 Å². The molecule has 0 bridgehead atoms. The van der Waals surface area contributed by atoms with Gasteiger partial charge in [0.2, 0.25) is 0 Å². The normalized spacial score (nSPS) is 11.6. The average molecular weight is 333 g/mol. The lowest BCUT2D eigenvalue weighted by molar-refractivity contribution is -0.124. The summed E-state index contributed by atoms with van der Waals surface area (Å²) in [6, 6.07) is 13.7. The van der Waals surface area contributed by atoms with E-state index in [0.29, 0.717) is 5.02 Å². The zero-order valence-electron chi connectivity index (χ0n) is 12.6. The molecule has 3 N–H and O–H groups in total. The topological polar surface area (TPSA) is 81.4 Å². The van der Waals surface area contributed by atoms with Crippen molar-refractivity contribution in [3.63, 3.8) is 0 Å². The Kier molecular flexibility index (Phi) is 5.60. The molecule has 5 nitrogen and oxygen atoms in total. The summed E-state index contributed by atoms with van der Waals surface area (Å²) in [7, 11) is 0. The fraction of sp³-hybridized carbons (Fsp3) is 0.176.